The lowest BCUT2D eigenvalue weighted by molar-refractivity contribution is 0.382. The molecule has 1 aromatic heterocycles. The zero-order valence-electron chi connectivity index (χ0n) is 15.0. The second kappa shape index (κ2) is 8.77. The van der Waals surface area contributed by atoms with Crippen LogP contribution in [0, 0.1) is 29.1 Å². The normalized spacial score (nSPS) is 11.1. The molecule has 0 aliphatic rings. The van der Waals surface area contributed by atoms with Crippen molar-refractivity contribution in [3.63, 3.8) is 0 Å². The highest BCUT2D eigenvalue weighted by atomic mass is 32.2. The van der Waals surface area contributed by atoms with Gasteiger partial charge in [-0.15, -0.1) is 0 Å². The number of thiocarbonyl (C=S) groups is 1. The van der Waals surface area contributed by atoms with Crippen LogP contribution < -0.4 is 15.4 Å². The Morgan fingerprint density at radius 3 is 1.87 bits per heavy atom. The van der Waals surface area contributed by atoms with Crippen molar-refractivity contribution in [3.8, 4) is 0 Å². The van der Waals surface area contributed by atoms with Gasteiger partial charge in [0.05, 0.1) is 4.90 Å². The van der Waals surface area contributed by atoms with Crippen molar-refractivity contribution >= 4 is 44.7 Å². The van der Waals surface area contributed by atoms with Gasteiger partial charge in [-0.2, -0.15) is 0 Å². The fourth-order valence-corrected chi connectivity index (χ4v) is 3.42. The molecule has 1 heterocycles. The molecule has 2 aromatic carbocycles. The van der Waals surface area contributed by atoms with E-state index in [1.807, 2.05) is 5.32 Å². The van der Waals surface area contributed by atoms with Gasteiger partial charge in [0.15, 0.2) is 28.4 Å². The monoisotopic (exact) mass is 475 g/mol. The fourth-order valence-electron chi connectivity index (χ4n) is 2.24. The predicted octanol–water partition coefficient (Wildman–Crippen LogP) is 3.78. The number of benzene rings is 2. The number of rotatable bonds is 5. The SMILES string of the molecule is O=S(=O)(Nc1ncccn1)c1ccc(NC(=S)Nc2c(F)c(F)c(F)c(F)c2F)cc1. The van der Waals surface area contributed by atoms with Gasteiger partial charge >= 0.3 is 0 Å². The number of halogens is 5. The van der Waals surface area contributed by atoms with E-state index in [9.17, 15) is 30.4 Å². The first-order chi connectivity index (χ1) is 14.6. The summed E-state index contributed by atoms with van der Waals surface area (Å²) in [7, 11) is -4.00. The number of hydrogen-bond donors (Lipinski definition) is 3. The molecule has 0 bridgehead atoms. The predicted molar refractivity (Wildman–Crippen MR) is 105 cm³/mol. The third-order valence-electron chi connectivity index (χ3n) is 3.66. The summed E-state index contributed by atoms with van der Waals surface area (Å²) in [6.45, 7) is 0. The van der Waals surface area contributed by atoms with Crippen molar-refractivity contribution in [1.82, 2.24) is 9.97 Å². The minimum absolute atomic E-state index is 0.141. The average molecular weight is 475 g/mol. The largest absolute Gasteiger partial charge is 0.332 e. The quantitative estimate of drug-likeness (QED) is 0.224. The molecule has 14 heteroatoms. The zero-order chi connectivity index (χ0) is 22.8. The van der Waals surface area contributed by atoms with Crippen molar-refractivity contribution < 1.29 is 30.4 Å². The van der Waals surface area contributed by atoms with Gasteiger partial charge in [0.2, 0.25) is 11.8 Å². The topological polar surface area (TPSA) is 96.0 Å². The number of aromatic nitrogens is 2. The summed E-state index contributed by atoms with van der Waals surface area (Å²) in [5.41, 5.74) is -1.17. The number of hydrogen-bond acceptors (Lipinski definition) is 5. The molecule has 0 spiro atoms. The van der Waals surface area contributed by atoms with Crippen molar-refractivity contribution in [2.45, 2.75) is 4.90 Å². The Bertz CT molecular complexity index is 1210. The molecule has 7 nitrogen and oxygen atoms in total. The maximum absolute atomic E-state index is 13.7. The summed E-state index contributed by atoms with van der Waals surface area (Å²) in [6.07, 6.45) is 2.69. The molecule has 31 heavy (non-hydrogen) atoms. The molecule has 0 unspecified atom stereocenters. The second-order valence-corrected chi connectivity index (χ2v) is 7.82. The minimum Gasteiger partial charge on any atom is -0.332 e. The van der Waals surface area contributed by atoms with Crippen molar-refractivity contribution in [2.24, 2.45) is 0 Å². The number of anilines is 3. The summed E-state index contributed by atoms with van der Waals surface area (Å²) in [5.74, 6) is -10.9. The summed E-state index contributed by atoms with van der Waals surface area (Å²) >= 11 is 4.81. The first-order valence-corrected chi connectivity index (χ1v) is 9.98. The van der Waals surface area contributed by atoms with E-state index in [1.54, 1.807) is 0 Å². The molecule has 0 saturated carbocycles. The molecule has 0 atom stereocenters. The van der Waals surface area contributed by atoms with Crippen LogP contribution in [0.15, 0.2) is 47.6 Å². The van der Waals surface area contributed by atoms with E-state index in [-0.39, 0.29) is 16.5 Å². The van der Waals surface area contributed by atoms with Gasteiger partial charge in [-0.3, -0.25) is 0 Å². The lowest BCUT2D eigenvalue weighted by Gasteiger charge is -2.13. The van der Waals surface area contributed by atoms with E-state index >= 15 is 0 Å². The molecular formula is C17H10F5N5O2S2. The highest BCUT2D eigenvalue weighted by Crippen LogP contribution is 2.27. The summed E-state index contributed by atoms with van der Waals surface area (Å²) in [6, 6.07) is 6.37. The van der Waals surface area contributed by atoms with Crippen LogP contribution in [0.4, 0.5) is 39.3 Å². The lowest BCUT2D eigenvalue weighted by atomic mass is 10.2. The van der Waals surface area contributed by atoms with Gasteiger partial charge in [0.1, 0.15) is 5.69 Å². The zero-order valence-corrected chi connectivity index (χ0v) is 16.6. The molecule has 0 radical (unpaired) electrons. The van der Waals surface area contributed by atoms with Gasteiger partial charge in [-0.25, -0.2) is 45.1 Å². The fraction of sp³-hybridized carbons (Fsp3) is 0. The van der Waals surface area contributed by atoms with Crippen LogP contribution in [0.25, 0.3) is 0 Å². The molecule has 0 amide bonds. The molecule has 3 N–H and O–H groups in total. The molecule has 162 valence electrons. The maximum Gasteiger partial charge on any atom is 0.264 e. The Morgan fingerprint density at radius 2 is 1.32 bits per heavy atom. The van der Waals surface area contributed by atoms with E-state index in [1.165, 1.54) is 42.7 Å². The summed E-state index contributed by atoms with van der Waals surface area (Å²) < 4.78 is 93.8. The summed E-state index contributed by atoms with van der Waals surface area (Å²) in [4.78, 5) is 7.32. The van der Waals surface area contributed by atoms with E-state index in [2.05, 4.69) is 20.0 Å². The van der Waals surface area contributed by atoms with Gasteiger partial charge in [0.25, 0.3) is 10.0 Å². The third-order valence-corrected chi connectivity index (χ3v) is 5.21. The Morgan fingerprint density at radius 1 is 0.806 bits per heavy atom. The molecule has 3 aromatic rings. The summed E-state index contributed by atoms with van der Waals surface area (Å²) in [5, 5.41) is 3.82. The highest BCUT2D eigenvalue weighted by Gasteiger charge is 2.26. The van der Waals surface area contributed by atoms with E-state index in [0.29, 0.717) is 0 Å². The molecular weight excluding hydrogens is 465 g/mol. The number of sulfonamides is 1. The molecule has 0 aliphatic heterocycles. The van der Waals surface area contributed by atoms with Gasteiger partial charge in [-0.05, 0) is 42.5 Å². The minimum atomic E-state index is -4.00. The standard InChI is InChI=1S/C17H10F5N5O2S2/c18-10-11(19)13(21)15(14(22)12(10)20)26-17(30)25-8-2-4-9(5-3-8)31(28,29)27-16-23-6-1-7-24-16/h1-7H,(H,23,24,27)(H2,25,26,30). The first-order valence-electron chi connectivity index (χ1n) is 8.09. The van der Waals surface area contributed by atoms with E-state index in [4.69, 9.17) is 12.2 Å². The third kappa shape index (κ3) is 4.86. The van der Waals surface area contributed by atoms with E-state index in [0.717, 1.165) is 0 Å². The van der Waals surface area contributed by atoms with Crippen LogP contribution in [0.1, 0.15) is 0 Å². The Hall–Kier alpha value is -3.39. The van der Waals surface area contributed by atoms with E-state index < -0.39 is 49.9 Å². The van der Waals surface area contributed by atoms with Crippen molar-refractivity contribution in [1.29, 1.82) is 0 Å². The van der Waals surface area contributed by atoms with Crippen LogP contribution in [0.2, 0.25) is 0 Å². The second-order valence-electron chi connectivity index (χ2n) is 5.73. The lowest BCUT2D eigenvalue weighted by Crippen LogP contribution is -2.22. The van der Waals surface area contributed by atoms with Gasteiger partial charge < -0.3 is 10.6 Å². The van der Waals surface area contributed by atoms with Crippen molar-refractivity contribution in [3.05, 3.63) is 71.8 Å². The Kier molecular flexibility index (Phi) is 6.31. The first kappa shape index (κ1) is 22.3. The average Bonchev–Trinajstić information content (AvgIpc) is 2.75. The van der Waals surface area contributed by atoms with Crippen LogP contribution in [0.3, 0.4) is 0 Å². The number of nitrogens with zero attached hydrogens (tertiary/aromatic N) is 2. The van der Waals surface area contributed by atoms with Gasteiger partial charge in [-0.1, -0.05) is 0 Å². The van der Waals surface area contributed by atoms with Crippen LogP contribution in [-0.4, -0.2) is 23.5 Å². The maximum atomic E-state index is 13.7. The Labute approximate surface area is 177 Å². The van der Waals surface area contributed by atoms with Crippen LogP contribution in [0.5, 0.6) is 0 Å². The molecule has 3 rings (SSSR count). The van der Waals surface area contributed by atoms with Crippen LogP contribution >= 0.6 is 12.2 Å². The van der Waals surface area contributed by atoms with Gasteiger partial charge in [0, 0.05) is 18.1 Å². The molecule has 0 saturated heterocycles. The Balaban J connectivity index is 1.73. The van der Waals surface area contributed by atoms with Crippen molar-refractivity contribution in [2.75, 3.05) is 15.4 Å². The van der Waals surface area contributed by atoms with Crippen LogP contribution in [-0.2, 0) is 10.0 Å². The molecule has 0 fully saturated rings. The smallest absolute Gasteiger partial charge is 0.264 e. The number of nitrogens with one attached hydrogen (secondary N) is 3. The molecule has 0 aliphatic carbocycles. The highest BCUT2D eigenvalue weighted by molar-refractivity contribution is 7.92.